The average molecular weight is 373 g/mol. The minimum Gasteiger partial charge on any atom is -0.351 e. The number of carbonyl (C=O) groups is 1. The second-order valence-corrected chi connectivity index (χ2v) is 7.20. The molecule has 0 radical (unpaired) electrons. The van der Waals surface area contributed by atoms with E-state index in [2.05, 4.69) is 20.6 Å². The van der Waals surface area contributed by atoms with Crippen LogP contribution in [0.15, 0.2) is 30.5 Å². The van der Waals surface area contributed by atoms with E-state index >= 15 is 0 Å². The number of para-hydroxylation sites is 1. The third kappa shape index (κ3) is 3.45. The highest BCUT2D eigenvalue weighted by Gasteiger charge is 2.27. The number of anilines is 3. The summed E-state index contributed by atoms with van der Waals surface area (Å²) in [6, 6.07) is 7.64. The van der Waals surface area contributed by atoms with Gasteiger partial charge in [0, 0.05) is 23.8 Å². The van der Waals surface area contributed by atoms with Crippen molar-refractivity contribution in [1.29, 1.82) is 0 Å². The van der Waals surface area contributed by atoms with E-state index in [4.69, 9.17) is 17.3 Å². The molecule has 2 amide bonds. The van der Waals surface area contributed by atoms with E-state index in [-0.39, 0.29) is 6.03 Å². The van der Waals surface area contributed by atoms with Crippen LogP contribution in [-0.4, -0.2) is 28.1 Å². The van der Waals surface area contributed by atoms with Gasteiger partial charge in [-0.1, -0.05) is 23.7 Å². The molecule has 1 aromatic heterocycles. The van der Waals surface area contributed by atoms with E-state index in [0.29, 0.717) is 41.1 Å². The molecule has 0 bridgehead atoms. The second-order valence-electron chi connectivity index (χ2n) is 6.79. The van der Waals surface area contributed by atoms with Crippen molar-refractivity contribution in [2.24, 2.45) is 5.73 Å². The van der Waals surface area contributed by atoms with E-state index in [1.54, 1.807) is 17.2 Å². The Balaban J connectivity index is 1.51. The summed E-state index contributed by atoms with van der Waals surface area (Å²) in [5, 5.41) is 6.72. The lowest BCUT2D eigenvalue weighted by Crippen LogP contribution is -2.39. The third-order valence-electron chi connectivity index (χ3n) is 4.91. The van der Waals surface area contributed by atoms with Crippen molar-refractivity contribution in [2.75, 3.05) is 15.5 Å². The maximum atomic E-state index is 12.5. The van der Waals surface area contributed by atoms with Crippen molar-refractivity contribution in [1.82, 2.24) is 9.97 Å². The third-order valence-corrected chi connectivity index (χ3v) is 5.23. The molecule has 2 aliphatic rings. The van der Waals surface area contributed by atoms with Crippen molar-refractivity contribution >= 4 is 35.1 Å². The van der Waals surface area contributed by atoms with Gasteiger partial charge in [0.2, 0.25) is 5.95 Å². The number of nitrogens with zero attached hydrogens (tertiary/aromatic N) is 3. The fourth-order valence-corrected chi connectivity index (χ4v) is 3.66. The molecule has 1 aliphatic carbocycles. The normalized spacial score (nSPS) is 22.5. The summed E-state index contributed by atoms with van der Waals surface area (Å²) >= 11 is 6.22. The van der Waals surface area contributed by atoms with Gasteiger partial charge in [0.15, 0.2) is 0 Å². The van der Waals surface area contributed by atoms with Crippen LogP contribution in [0.4, 0.5) is 22.2 Å². The summed E-state index contributed by atoms with van der Waals surface area (Å²) in [5.74, 6) is 1.08. The summed E-state index contributed by atoms with van der Waals surface area (Å²) in [5.41, 5.74) is 7.46. The summed E-state index contributed by atoms with van der Waals surface area (Å²) in [6.45, 7) is 0.378. The number of aromatic nitrogens is 2. The van der Waals surface area contributed by atoms with Crippen LogP contribution in [0, 0.1) is 0 Å². The molecule has 1 aromatic carbocycles. The first-order valence-electron chi connectivity index (χ1n) is 8.81. The van der Waals surface area contributed by atoms with Gasteiger partial charge >= 0.3 is 6.03 Å². The summed E-state index contributed by atoms with van der Waals surface area (Å²) in [4.78, 5) is 23.0. The summed E-state index contributed by atoms with van der Waals surface area (Å²) < 4.78 is 0. The number of hydrogen-bond donors (Lipinski definition) is 3. The van der Waals surface area contributed by atoms with Gasteiger partial charge < -0.3 is 11.1 Å². The largest absolute Gasteiger partial charge is 0.351 e. The number of urea groups is 1. The van der Waals surface area contributed by atoms with Crippen LogP contribution in [0.5, 0.6) is 0 Å². The molecule has 0 atom stereocenters. The fraction of sp³-hybridized carbons (Fsp3) is 0.389. The molecule has 0 spiro atoms. The first-order chi connectivity index (χ1) is 12.6. The Morgan fingerprint density at radius 1 is 1.23 bits per heavy atom. The van der Waals surface area contributed by atoms with Crippen LogP contribution in [0.3, 0.4) is 0 Å². The Kier molecular flexibility index (Phi) is 4.65. The van der Waals surface area contributed by atoms with E-state index in [0.717, 1.165) is 31.2 Å². The number of benzene rings is 1. The number of hydrogen-bond acceptors (Lipinski definition) is 5. The highest BCUT2D eigenvalue weighted by Crippen LogP contribution is 2.31. The fourth-order valence-electron chi connectivity index (χ4n) is 3.42. The van der Waals surface area contributed by atoms with Crippen LogP contribution in [-0.2, 0) is 6.54 Å². The Bertz CT molecular complexity index is 821. The molecule has 26 heavy (non-hydrogen) atoms. The maximum Gasteiger partial charge on any atom is 0.327 e. The maximum absolute atomic E-state index is 12.5. The van der Waals surface area contributed by atoms with Gasteiger partial charge in [-0.3, -0.25) is 10.2 Å². The van der Waals surface area contributed by atoms with Gasteiger partial charge in [0.25, 0.3) is 0 Å². The standard InChI is InChI=1S/C18H21ClN6O/c19-14-3-1-2-4-15(14)25-10-11-9-21-17(23-16(11)24-18(25)26)22-13-7-5-12(20)6-8-13/h1-4,9,12-13H,5-8,10,20H2,(H2,21,22,23,24,26). The van der Waals surface area contributed by atoms with Gasteiger partial charge in [-0.2, -0.15) is 4.98 Å². The van der Waals surface area contributed by atoms with Gasteiger partial charge in [0.1, 0.15) is 5.82 Å². The van der Waals surface area contributed by atoms with E-state index in [9.17, 15) is 4.79 Å². The predicted molar refractivity (Wildman–Crippen MR) is 103 cm³/mol. The van der Waals surface area contributed by atoms with Crippen molar-refractivity contribution in [3.05, 3.63) is 41.0 Å². The molecule has 2 aromatic rings. The smallest absolute Gasteiger partial charge is 0.327 e. The lowest BCUT2D eigenvalue weighted by atomic mass is 9.92. The van der Waals surface area contributed by atoms with Gasteiger partial charge in [-0.15, -0.1) is 0 Å². The predicted octanol–water partition coefficient (Wildman–Crippen LogP) is 3.36. The highest BCUT2D eigenvalue weighted by molar-refractivity contribution is 6.34. The Morgan fingerprint density at radius 2 is 2.00 bits per heavy atom. The highest BCUT2D eigenvalue weighted by atomic mass is 35.5. The van der Waals surface area contributed by atoms with Gasteiger partial charge in [-0.25, -0.2) is 9.78 Å². The molecule has 1 saturated carbocycles. The number of amides is 2. The Morgan fingerprint density at radius 3 is 2.77 bits per heavy atom. The lowest BCUT2D eigenvalue weighted by Gasteiger charge is -2.30. The minimum absolute atomic E-state index is 0.251. The van der Waals surface area contributed by atoms with Crippen LogP contribution in [0.1, 0.15) is 31.2 Å². The van der Waals surface area contributed by atoms with Crippen molar-refractivity contribution in [3.63, 3.8) is 0 Å². The average Bonchev–Trinajstić information content (AvgIpc) is 2.64. The number of halogens is 1. The Labute approximate surface area is 156 Å². The molecule has 7 nitrogen and oxygen atoms in total. The first-order valence-corrected chi connectivity index (χ1v) is 9.19. The molecule has 0 saturated heterocycles. The second kappa shape index (κ2) is 7.09. The molecule has 0 unspecified atom stereocenters. The molecule has 1 aliphatic heterocycles. The van der Waals surface area contributed by atoms with Crippen molar-refractivity contribution in [2.45, 2.75) is 44.3 Å². The topological polar surface area (TPSA) is 96.2 Å². The van der Waals surface area contributed by atoms with Crippen LogP contribution >= 0.6 is 11.6 Å². The molecule has 1 fully saturated rings. The van der Waals surface area contributed by atoms with Crippen molar-refractivity contribution in [3.8, 4) is 0 Å². The van der Waals surface area contributed by atoms with Crippen LogP contribution in [0.25, 0.3) is 0 Å². The molecule has 8 heteroatoms. The number of nitrogens with two attached hydrogens (primary N) is 1. The van der Waals surface area contributed by atoms with Crippen molar-refractivity contribution < 1.29 is 4.79 Å². The van der Waals surface area contributed by atoms with E-state index < -0.39 is 0 Å². The first kappa shape index (κ1) is 17.1. The monoisotopic (exact) mass is 372 g/mol. The van der Waals surface area contributed by atoms with Crippen LogP contribution in [0.2, 0.25) is 5.02 Å². The van der Waals surface area contributed by atoms with Crippen LogP contribution < -0.4 is 21.3 Å². The van der Waals surface area contributed by atoms with E-state index in [1.807, 2.05) is 18.2 Å². The number of fused-ring (bicyclic) bond motifs is 1. The van der Waals surface area contributed by atoms with E-state index in [1.165, 1.54) is 0 Å². The lowest BCUT2D eigenvalue weighted by molar-refractivity contribution is 0.256. The number of rotatable bonds is 3. The summed E-state index contributed by atoms with van der Waals surface area (Å²) in [6.07, 6.45) is 5.78. The number of nitrogens with one attached hydrogen (secondary N) is 2. The molecule has 4 rings (SSSR count). The number of carbonyl (C=O) groups excluding carboxylic acids is 1. The molecule has 2 heterocycles. The SMILES string of the molecule is NC1CCC(Nc2ncc3c(n2)NC(=O)N(c2ccccc2Cl)C3)CC1. The summed E-state index contributed by atoms with van der Waals surface area (Å²) in [7, 11) is 0. The molecular weight excluding hydrogens is 352 g/mol. The zero-order chi connectivity index (χ0) is 18.1. The van der Waals surface area contributed by atoms with Gasteiger partial charge in [-0.05, 0) is 37.8 Å². The zero-order valence-electron chi connectivity index (χ0n) is 14.3. The molecular formula is C18H21ClN6O. The quantitative estimate of drug-likeness (QED) is 0.767. The van der Waals surface area contributed by atoms with Gasteiger partial charge in [0.05, 0.1) is 17.3 Å². The Hall–Kier alpha value is -2.38. The molecule has 4 N–H and O–H groups in total. The molecule has 136 valence electrons. The minimum atomic E-state index is -0.251. The zero-order valence-corrected chi connectivity index (χ0v) is 15.0.